The number of halogens is 2. The van der Waals surface area contributed by atoms with Crippen molar-refractivity contribution in [3.05, 3.63) is 83.5 Å². The monoisotopic (exact) mass is 411 g/mol. The smallest absolute Gasteiger partial charge is 0.227 e. The molecule has 1 fully saturated rings. The van der Waals surface area contributed by atoms with Crippen LogP contribution in [0.5, 0.6) is 0 Å². The fourth-order valence-electron chi connectivity index (χ4n) is 3.57. The average Bonchev–Trinajstić information content (AvgIpc) is 3.10. The van der Waals surface area contributed by atoms with E-state index in [1.54, 1.807) is 6.20 Å². The van der Waals surface area contributed by atoms with E-state index >= 15 is 0 Å². The third kappa shape index (κ3) is 4.38. The van der Waals surface area contributed by atoms with E-state index in [-0.39, 0.29) is 0 Å². The number of hydrogen-bond acceptors (Lipinski definition) is 5. The number of anilines is 1. The van der Waals surface area contributed by atoms with E-state index in [0.717, 1.165) is 23.2 Å². The Bertz CT molecular complexity index is 1040. The Morgan fingerprint density at radius 1 is 1.23 bits per heavy atom. The van der Waals surface area contributed by atoms with Crippen molar-refractivity contribution in [3.8, 4) is 0 Å². The molecule has 1 aromatic carbocycles. The average molecular weight is 411 g/mol. The summed E-state index contributed by atoms with van der Waals surface area (Å²) in [6.45, 7) is 7.93. The molecule has 156 valence electrons. The Kier molecular flexibility index (Phi) is 5.85. The third-order valence-corrected chi connectivity index (χ3v) is 4.96. The van der Waals surface area contributed by atoms with Gasteiger partial charge in [-0.25, -0.2) is 8.78 Å². The Hall–Kier alpha value is -3.13. The van der Waals surface area contributed by atoms with Gasteiger partial charge in [0.15, 0.2) is 0 Å². The highest BCUT2D eigenvalue weighted by Crippen LogP contribution is 2.28. The van der Waals surface area contributed by atoms with E-state index in [1.165, 1.54) is 12.1 Å². The normalized spacial score (nSPS) is 16.6. The number of allylic oxidation sites excluding steroid dienone is 1. The van der Waals surface area contributed by atoms with Gasteiger partial charge in [-0.3, -0.25) is 9.55 Å². The zero-order valence-electron chi connectivity index (χ0n) is 16.8. The molecule has 4 rings (SSSR count). The van der Waals surface area contributed by atoms with Crippen molar-refractivity contribution in [2.75, 3.05) is 24.6 Å². The van der Waals surface area contributed by atoms with Crippen molar-refractivity contribution in [2.24, 2.45) is 0 Å². The first-order chi connectivity index (χ1) is 14.5. The lowest BCUT2D eigenvalue weighted by Crippen LogP contribution is -2.40. The lowest BCUT2D eigenvalue weighted by Gasteiger charge is -2.34. The summed E-state index contributed by atoms with van der Waals surface area (Å²) in [5, 5.41) is 8.81. The van der Waals surface area contributed by atoms with Crippen molar-refractivity contribution in [3.63, 3.8) is 0 Å². The molecule has 1 unspecified atom stereocenters. The van der Waals surface area contributed by atoms with E-state index < -0.39 is 17.7 Å². The Balaban J connectivity index is 1.61. The van der Waals surface area contributed by atoms with E-state index in [2.05, 4.69) is 21.8 Å². The fraction of sp³-hybridized carbons (Fsp3) is 0.318. The van der Waals surface area contributed by atoms with Crippen LogP contribution in [0.25, 0.3) is 0 Å². The standard InChI is InChI=1S/C22H23F2N5O/c1-15(2)13-29-21(12-17-5-3-4-8-25-17)26-27-22(29)28-9-10-30-20(14-28)18-7-6-16(23)11-19(18)24/h3-8,11,20H,1,9-10,12-14H2,2H3. The highest BCUT2D eigenvalue weighted by Gasteiger charge is 2.28. The second-order valence-electron chi connectivity index (χ2n) is 7.43. The zero-order chi connectivity index (χ0) is 21.1. The minimum atomic E-state index is -0.610. The van der Waals surface area contributed by atoms with Gasteiger partial charge in [-0.2, -0.15) is 0 Å². The summed E-state index contributed by atoms with van der Waals surface area (Å²) in [6.07, 6.45) is 1.77. The Morgan fingerprint density at radius 2 is 2.10 bits per heavy atom. The van der Waals surface area contributed by atoms with Crippen molar-refractivity contribution < 1.29 is 13.5 Å². The van der Waals surface area contributed by atoms with Crippen LogP contribution in [0.1, 0.15) is 30.1 Å². The van der Waals surface area contributed by atoms with Crippen LogP contribution in [0.2, 0.25) is 0 Å². The van der Waals surface area contributed by atoms with Crippen molar-refractivity contribution in [1.82, 2.24) is 19.7 Å². The van der Waals surface area contributed by atoms with Gasteiger partial charge < -0.3 is 9.64 Å². The van der Waals surface area contributed by atoms with E-state index in [4.69, 9.17) is 4.74 Å². The highest BCUT2D eigenvalue weighted by molar-refractivity contribution is 5.35. The van der Waals surface area contributed by atoms with Gasteiger partial charge in [0.05, 0.1) is 19.6 Å². The minimum absolute atomic E-state index is 0.334. The third-order valence-electron chi connectivity index (χ3n) is 4.96. The second-order valence-corrected chi connectivity index (χ2v) is 7.43. The summed E-state index contributed by atoms with van der Waals surface area (Å²) < 4.78 is 35.3. The summed E-state index contributed by atoms with van der Waals surface area (Å²) in [6, 6.07) is 9.31. The topological polar surface area (TPSA) is 56.1 Å². The number of nitrogens with zero attached hydrogens (tertiary/aromatic N) is 5. The molecule has 0 bridgehead atoms. The van der Waals surface area contributed by atoms with Crippen LogP contribution < -0.4 is 4.90 Å². The molecule has 1 aliphatic heterocycles. The van der Waals surface area contributed by atoms with E-state index in [9.17, 15) is 8.78 Å². The van der Waals surface area contributed by atoms with Gasteiger partial charge in [-0.1, -0.05) is 24.3 Å². The molecule has 2 aromatic heterocycles. The fourth-order valence-corrected chi connectivity index (χ4v) is 3.57. The molecule has 8 heteroatoms. The first-order valence-electron chi connectivity index (χ1n) is 9.79. The first-order valence-corrected chi connectivity index (χ1v) is 9.79. The van der Waals surface area contributed by atoms with Crippen molar-refractivity contribution in [1.29, 1.82) is 0 Å². The second kappa shape index (κ2) is 8.71. The number of benzene rings is 1. The Labute approximate surface area is 173 Å². The predicted octanol–water partition coefficient (Wildman–Crippen LogP) is 3.70. The molecule has 0 aliphatic carbocycles. The van der Waals surface area contributed by atoms with Gasteiger partial charge in [-0.15, -0.1) is 10.2 Å². The van der Waals surface area contributed by atoms with E-state index in [1.807, 2.05) is 34.6 Å². The highest BCUT2D eigenvalue weighted by atomic mass is 19.1. The minimum Gasteiger partial charge on any atom is -0.370 e. The molecule has 0 spiro atoms. The van der Waals surface area contributed by atoms with Gasteiger partial charge >= 0.3 is 0 Å². The number of ether oxygens (including phenoxy) is 1. The molecular weight excluding hydrogens is 388 g/mol. The molecule has 0 amide bonds. The maximum Gasteiger partial charge on any atom is 0.227 e. The quantitative estimate of drug-likeness (QED) is 0.579. The molecule has 0 N–H and O–H groups in total. The molecule has 3 heterocycles. The van der Waals surface area contributed by atoms with Crippen LogP contribution in [-0.2, 0) is 17.7 Å². The molecule has 30 heavy (non-hydrogen) atoms. The molecule has 1 aliphatic rings. The van der Waals surface area contributed by atoms with Crippen LogP contribution in [0.3, 0.4) is 0 Å². The van der Waals surface area contributed by atoms with Crippen molar-refractivity contribution in [2.45, 2.75) is 26.0 Å². The molecule has 6 nitrogen and oxygen atoms in total. The van der Waals surface area contributed by atoms with Crippen LogP contribution in [0.15, 0.2) is 54.7 Å². The summed E-state index contributed by atoms with van der Waals surface area (Å²) in [5.74, 6) is 0.243. The van der Waals surface area contributed by atoms with Crippen LogP contribution in [0.4, 0.5) is 14.7 Å². The molecule has 1 atom stereocenters. The largest absolute Gasteiger partial charge is 0.370 e. The summed E-state index contributed by atoms with van der Waals surface area (Å²) in [7, 11) is 0. The molecule has 0 saturated carbocycles. The molecule has 0 radical (unpaired) electrons. The molecule has 3 aromatic rings. The predicted molar refractivity (Wildman–Crippen MR) is 109 cm³/mol. The van der Waals surface area contributed by atoms with Gasteiger partial charge in [0, 0.05) is 36.6 Å². The number of pyridine rings is 1. The molecular formula is C22H23F2N5O. The maximum atomic E-state index is 14.3. The van der Waals surface area contributed by atoms with Gasteiger partial charge in [0.2, 0.25) is 5.95 Å². The van der Waals surface area contributed by atoms with Gasteiger partial charge in [-0.05, 0) is 25.1 Å². The summed E-state index contributed by atoms with van der Waals surface area (Å²) in [4.78, 5) is 6.40. The number of aromatic nitrogens is 4. The number of rotatable bonds is 6. The molecule has 1 saturated heterocycles. The SMILES string of the molecule is C=C(C)Cn1c(Cc2ccccn2)nnc1N1CCOC(c2ccc(F)cc2F)C1. The van der Waals surface area contributed by atoms with Gasteiger partial charge in [0.25, 0.3) is 0 Å². The van der Waals surface area contributed by atoms with E-state index in [0.29, 0.717) is 44.2 Å². The zero-order valence-corrected chi connectivity index (χ0v) is 16.8. The summed E-state index contributed by atoms with van der Waals surface area (Å²) >= 11 is 0. The lowest BCUT2D eigenvalue weighted by atomic mass is 10.1. The first kappa shape index (κ1) is 20.2. The number of hydrogen-bond donors (Lipinski definition) is 0. The number of morpholine rings is 1. The van der Waals surface area contributed by atoms with Crippen LogP contribution in [0, 0.1) is 11.6 Å². The van der Waals surface area contributed by atoms with Crippen LogP contribution in [-0.4, -0.2) is 39.4 Å². The van der Waals surface area contributed by atoms with Gasteiger partial charge in [0.1, 0.15) is 23.6 Å². The maximum absolute atomic E-state index is 14.3. The Morgan fingerprint density at radius 3 is 2.83 bits per heavy atom. The summed E-state index contributed by atoms with van der Waals surface area (Å²) in [5.41, 5.74) is 2.20. The van der Waals surface area contributed by atoms with Crippen molar-refractivity contribution >= 4 is 5.95 Å². The van der Waals surface area contributed by atoms with Crippen LogP contribution >= 0.6 is 0 Å². The lowest BCUT2D eigenvalue weighted by molar-refractivity contribution is 0.0367.